The van der Waals surface area contributed by atoms with Crippen LogP contribution in [0, 0.1) is 12.3 Å². The lowest BCUT2D eigenvalue weighted by molar-refractivity contribution is -0.119. The average molecular weight is 435 g/mol. The van der Waals surface area contributed by atoms with E-state index in [1.807, 2.05) is 0 Å². The fourth-order valence-corrected chi connectivity index (χ4v) is 4.15. The van der Waals surface area contributed by atoms with Gasteiger partial charge in [0.2, 0.25) is 23.4 Å². The van der Waals surface area contributed by atoms with E-state index in [0.717, 1.165) is 6.42 Å². The number of hydrogen-bond acceptors (Lipinski definition) is 8. The zero-order valence-corrected chi connectivity index (χ0v) is 17.4. The first kappa shape index (κ1) is 23.2. The maximum absolute atomic E-state index is 12.7. The van der Waals surface area contributed by atoms with E-state index < -0.39 is 51.5 Å². The number of hydrogen-bond donors (Lipinski definition) is 2. The van der Waals surface area contributed by atoms with Gasteiger partial charge in [0.05, 0.1) is 24.3 Å². The molecule has 2 amide bonds. The number of nitrogens with zero attached hydrogens (tertiary/aromatic N) is 2. The van der Waals surface area contributed by atoms with Gasteiger partial charge in [-0.15, -0.1) is 0 Å². The first-order chi connectivity index (χ1) is 14.1. The first-order valence-electron chi connectivity index (χ1n) is 9.13. The van der Waals surface area contributed by atoms with E-state index in [2.05, 4.69) is 15.5 Å². The summed E-state index contributed by atoms with van der Waals surface area (Å²) in [5.41, 5.74) is 5.77. The number of Topliss-reactive ketones (excluding diaryl/α,β-unsaturated/α-hetero) is 1. The fourth-order valence-electron chi connectivity index (χ4n) is 2.60. The molecule has 1 heterocycles. The van der Waals surface area contributed by atoms with Gasteiger partial charge in [-0.2, -0.15) is 4.98 Å². The molecule has 0 fully saturated rings. The van der Waals surface area contributed by atoms with Crippen LogP contribution in [0.4, 0.5) is 0 Å². The molecule has 0 bridgehead atoms. The summed E-state index contributed by atoms with van der Waals surface area (Å²) in [6.07, 6.45) is 0.391. The lowest BCUT2D eigenvalue weighted by Crippen LogP contribution is -2.44. The van der Waals surface area contributed by atoms with Gasteiger partial charge in [-0.3, -0.25) is 14.4 Å². The molecule has 1 aromatic carbocycles. The second kappa shape index (κ2) is 10.1. The molecule has 3 N–H and O–H groups in total. The van der Waals surface area contributed by atoms with E-state index in [4.69, 9.17) is 10.3 Å². The number of primary amides is 1. The SMILES string of the molecule is CC(C)CS(=O)(=O)C[CH]C(=O)NC(CC(N)=O)C(=O)c1nc(-c2ccccc2)no1. The molecule has 161 valence electrons. The highest BCUT2D eigenvalue weighted by Gasteiger charge is 2.29. The molecule has 2 aromatic rings. The molecule has 0 saturated carbocycles. The number of ketones is 1. The molecule has 11 heteroatoms. The monoisotopic (exact) mass is 435 g/mol. The molecule has 0 saturated heterocycles. The Kier molecular flexibility index (Phi) is 7.81. The Balaban J connectivity index is 2.08. The van der Waals surface area contributed by atoms with Gasteiger partial charge >= 0.3 is 0 Å². The van der Waals surface area contributed by atoms with Crippen molar-refractivity contribution in [3.8, 4) is 11.4 Å². The number of nitrogens with two attached hydrogens (primary N) is 1. The van der Waals surface area contributed by atoms with Crippen LogP contribution in [0.25, 0.3) is 11.4 Å². The van der Waals surface area contributed by atoms with Crippen LogP contribution in [0.1, 0.15) is 31.0 Å². The summed E-state index contributed by atoms with van der Waals surface area (Å²) in [6.45, 7) is 3.49. The molecule has 1 unspecified atom stereocenters. The number of carbonyl (C=O) groups is 3. The van der Waals surface area contributed by atoms with Crippen molar-refractivity contribution < 1.29 is 27.3 Å². The second-order valence-electron chi connectivity index (χ2n) is 7.06. The highest BCUT2D eigenvalue weighted by molar-refractivity contribution is 7.91. The lowest BCUT2D eigenvalue weighted by atomic mass is 10.1. The molecule has 1 radical (unpaired) electrons. The van der Waals surface area contributed by atoms with Crippen LogP contribution in [-0.2, 0) is 19.4 Å². The smallest absolute Gasteiger partial charge is 0.296 e. The summed E-state index contributed by atoms with van der Waals surface area (Å²) >= 11 is 0. The predicted molar refractivity (Wildman–Crippen MR) is 108 cm³/mol. The van der Waals surface area contributed by atoms with Crippen LogP contribution >= 0.6 is 0 Å². The number of benzene rings is 1. The van der Waals surface area contributed by atoms with Crippen molar-refractivity contribution in [3.63, 3.8) is 0 Å². The number of aromatic nitrogens is 2. The van der Waals surface area contributed by atoms with Gasteiger partial charge in [-0.25, -0.2) is 8.42 Å². The second-order valence-corrected chi connectivity index (χ2v) is 9.21. The normalized spacial score (nSPS) is 12.5. The van der Waals surface area contributed by atoms with Crippen LogP contribution in [0.5, 0.6) is 0 Å². The first-order valence-corrected chi connectivity index (χ1v) is 11.0. The predicted octanol–water partition coefficient (Wildman–Crippen LogP) is 0.555. The number of sulfone groups is 1. The Morgan fingerprint density at radius 1 is 1.20 bits per heavy atom. The van der Waals surface area contributed by atoms with Crippen molar-refractivity contribution in [1.82, 2.24) is 15.5 Å². The molecule has 30 heavy (non-hydrogen) atoms. The molecule has 0 aliphatic rings. The van der Waals surface area contributed by atoms with Gasteiger partial charge < -0.3 is 15.6 Å². The van der Waals surface area contributed by atoms with E-state index in [1.165, 1.54) is 0 Å². The van der Waals surface area contributed by atoms with Gasteiger partial charge in [0.1, 0.15) is 6.04 Å². The molecule has 10 nitrogen and oxygen atoms in total. The lowest BCUT2D eigenvalue weighted by Gasteiger charge is -2.14. The van der Waals surface area contributed by atoms with Gasteiger partial charge in [0.25, 0.3) is 5.89 Å². The number of rotatable bonds is 11. The van der Waals surface area contributed by atoms with Crippen molar-refractivity contribution >= 4 is 27.4 Å². The van der Waals surface area contributed by atoms with E-state index in [0.29, 0.717) is 5.56 Å². The van der Waals surface area contributed by atoms with Crippen LogP contribution in [0.2, 0.25) is 0 Å². The maximum atomic E-state index is 12.7. The maximum Gasteiger partial charge on any atom is 0.296 e. The summed E-state index contributed by atoms with van der Waals surface area (Å²) in [5.74, 6) is -3.39. The van der Waals surface area contributed by atoms with E-state index in [9.17, 15) is 22.8 Å². The van der Waals surface area contributed by atoms with Gasteiger partial charge in [-0.05, 0) is 5.92 Å². The molecule has 0 aliphatic carbocycles. The molecule has 1 aromatic heterocycles. The van der Waals surface area contributed by atoms with Crippen LogP contribution in [0.3, 0.4) is 0 Å². The zero-order chi connectivity index (χ0) is 22.3. The average Bonchev–Trinajstić information content (AvgIpc) is 3.15. The third-order valence-corrected chi connectivity index (χ3v) is 5.67. The number of carbonyl (C=O) groups excluding carboxylic acids is 3. The summed E-state index contributed by atoms with van der Waals surface area (Å²) in [4.78, 5) is 40.1. The molecule has 1 atom stereocenters. The number of nitrogens with one attached hydrogen (secondary N) is 1. The fraction of sp³-hybridized carbons (Fsp3) is 0.368. The highest BCUT2D eigenvalue weighted by Crippen LogP contribution is 2.16. The third kappa shape index (κ3) is 7.07. The zero-order valence-electron chi connectivity index (χ0n) is 16.6. The third-order valence-electron chi connectivity index (χ3n) is 3.82. The van der Waals surface area contributed by atoms with Crippen molar-refractivity contribution in [2.75, 3.05) is 11.5 Å². The molecular weight excluding hydrogens is 412 g/mol. The minimum absolute atomic E-state index is 0.0787. The van der Waals surface area contributed by atoms with Gasteiger partial charge in [0, 0.05) is 5.56 Å². The summed E-state index contributed by atoms with van der Waals surface area (Å²) < 4.78 is 28.8. The summed E-state index contributed by atoms with van der Waals surface area (Å²) in [7, 11) is -3.47. The van der Waals surface area contributed by atoms with Crippen LogP contribution in [0.15, 0.2) is 34.9 Å². The molecular formula is C19H23N4O6S. The molecule has 0 aliphatic heterocycles. The minimum atomic E-state index is -3.47. The van der Waals surface area contributed by atoms with Crippen molar-refractivity contribution in [3.05, 3.63) is 42.6 Å². The van der Waals surface area contributed by atoms with E-state index in [-0.39, 0.29) is 17.5 Å². The summed E-state index contributed by atoms with van der Waals surface area (Å²) in [6, 6.07) is 7.37. The van der Waals surface area contributed by atoms with Crippen molar-refractivity contribution in [2.45, 2.75) is 26.3 Å². The Labute approximate surface area is 174 Å². The van der Waals surface area contributed by atoms with E-state index >= 15 is 0 Å². The number of amides is 2. The Hall–Kier alpha value is -3.08. The molecule has 0 spiro atoms. The van der Waals surface area contributed by atoms with Crippen LogP contribution < -0.4 is 11.1 Å². The minimum Gasteiger partial charge on any atom is -0.370 e. The standard InChI is InChI=1S/C19H23N4O6S/c1-12(2)11-30(27,28)9-8-16(25)21-14(10-15(20)24)17(26)19-22-18(23-29-19)13-6-4-3-5-7-13/h3-8,12,14H,9-11H2,1-2H3,(H2,20,24)(H,21,25). The molecule has 2 rings (SSSR count). The Bertz CT molecular complexity index is 1000. The van der Waals surface area contributed by atoms with Gasteiger partial charge in [0.15, 0.2) is 9.84 Å². The summed E-state index contributed by atoms with van der Waals surface area (Å²) in [5, 5.41) is 6.01. The Morgan fingerprint density at radius 3 is 2.47 bits per heavy atom. The van der Waals surface area contributed by atoms with Crippen molar-refractivity contribution in [2.24, 2.45) is 11.7 Å². The Morgan fingerprint density at radius 2 is 1.87 bits per heavy atom. The highest BCUT2D eigenvalue weighted by atomic mass is 32.2. The topological polar surface area (TPSA) is 162 Å². The largest absolute Gasteiger partial charge is 0.370 e. The van der Waals surface area contributed by atoms with Crippen molar-refractivity contribution in [1.29, 1.82) is 0 Å². The van der Waals surface area contributed by atoms with Gasteiger partial charge in [-0.1, -0.05) is 49.3 Å². The van der Waals surface area contributed by atoms with E-state index in [1.54, 1.807) is 44.2 Å². The van der Waals surface area contributed by atoms with Crippen LogP contribution in [-0.4, -0.2) is 53.7 Å². The quantitative estimate of drug-likeness (QED) is 0.484.